The molecule has 7 nitrogen and oxygen atoms in total. The van der Waals surface area contributed by atoms with E-state index in [2.05, 4.69) is 30.4 Å². The van der Waals surface area contributed by atoms with Gasteiger partial charge in [-0.3, -0.25) is 0 Å². The highest BCUT2D eigenvalue weighted by molar-refractivity contribution is 5.92. The van der Waals surface area contributed by atoms with Crippen molar-refractivity contribution >= 4 is 22.6 Å². The molecule has 1 fully saturated rings. The van der Waals surface area contributed by atoms with E-state index in [1.807, 2.05) is 31.5 Å². The Kier molecular flexibility index (Phi) is 3.22. The monoisotopic (exact) mass is 351 g/mol. The molecule has 0 unspecified atom stereocenters. The van der Waals surface area contributed by atoms with Crippen molar-refractivity contribution in [3.05, 3.63) is 36.4 Å². The Labute approximate surface area is 148 Å². The molecule has 2 N–H and O–H groups in total. The number of aromatic nitrogens is 6. The standard InChI is InChI=1S/C18H18FN7/c1-11-9-26-15(23-11)4-3-14(25-26)12-7-20-16-13(12)8-21-17(24-16)22-10-18(19)5-2-6-18/h3-4,7-9H,2,5-6,10H2,1H3,(H2,20,21,22,24). The number of aromatic amines is 1. The number of imidazole rings is 1. The van der Waals surface area contributed by atoms with Gasteiger partial charge in [0.1, 0.15) is 11.3 Å². The molecule has 4 heterocycles. The van der Waals surface area contributed by atoms with Crippen LogP contribution in [-0.4, -0.2) is 41.8 Å². The first-order valence-corrected chi connectivity index (χ1v) is 8.70. The van der Waals surface area contributed by atoms with Crippen LogP contribution in [0.2, 0.25) is 0 Å². The SMILES string of the molecule is Cc1cn2nc(-c3c[nH]c4nc(NCC5(F)CCC5)ncc34)ccc2n1. The van der Waals surface area contributed by atoms with E-state index in [1.165, 1.54) is 0 Å². The van der Waals surface area contributed by atoms with E-state index in [-0.39, 0.29) is 6.54 Å². The number of aryl methyl sites for hydroxylation is 1. The summed E-state index contributed by atoms with van der Waals surface area (Å²) >= 11 is 0. The molecular formula is C18H18FN7. The number of hydrogen-bond donors (Lipinski definition) is 2. The van der Waals surface area contributed by atoms with Crippen LogP contribution >= 0.6 is 0 Å². The number of fused-ring (bicyclic) bond motifs is 2. The molecule has 132 valence electrons. The zero-order chi connectivity index (χ0) is 17.7. The number of nitrogens with one attached hydrogen (secondary N) is 2. The molecule has 0 amide bonds. The number of nitrogens with zero attached hydrogens (tertiary/aromatic N) is 5. The minimum atomic E-state index is -1.11. The van der Waals surface area contributed by atoms with Crippen LogP contribution in [0.5, 0.6) is 0 Å². The van der Waals surface area contributed by atoms with Crippen molar-refractivity contribution in [1.82, 2.24) is 29.5 Å². The third kappa shape index (κ3) is 2.49. The van der Waals surface area contributed by atoms with E-state index in [4.69, 9.17) is 0 Å². The molecule has 0 atom stereocenters. The lowest BCUT2D eigenvalue weighted by atomic mass is 9.82. The van der Waals surface area contributed by atoms with Gasteiger partial charge in [-0.25, -0.2) is 18.9 Å². The molecule has 0 aromatic carbocycles. The Bertz CT molecular complexity index is 1110. The largest absolute Gasteiger partial charge is 0.351 e. The van der Waals surface area contributed by atoms with E-state index in [0.29, 0.717) is 24.4 Å². The van der Waals surface area contributed by atoms with Crippen molar-refractivity contribution in [1.29, 1.82) is 0 Å². The van der Waals surface area contributed by atoms with Crippen LogP contribution in [0.3, 0.4) is 0 Å². The van der Waals surface area contributed by atoms with Crippen LogP contribution in [0.1, 0.15) is 25.0 Å². The predicted octanol–water partition coefficient (Wildman–Crippen LogP) is 3.28. The summed E-state index contributed by atoms with van der Waals surface area (Å²) in [6, 6.07) is 3.87. The lowest BCUT2D eigenvalue weighted by Crippen LogP contribution is -2.39. The average Bonchev–Trinajstić information content (AvgIpc) is 3.19. The van der Waals surface area contributed by atoms with Crippen LogP contribution in [0, 0.1) is 6.92 Å². The summed E-state index contributed by atoms with van der Waals surface area (Å²) < 4.78 is 15.9. The molecule has 4 aromatic rings. The Morgan fingerprint density at radius 1 is 1.31 bits per heavy atom. The smallest absolute Gasteiger partial charge is 0.224 e. The summed E-state index contributed by atoms with van der Waals surface area (Å²) in [7, 11) is 0. The number of anilines is 1. The van der Waals surface area contributed by atoms with E-state index in [0.717, 1.165) is 34.4 Å². The van der Waals surface area contributed by atoms with Gasteiger partial charge in [0, 0.05) is 23.3 Å². The van der Waals surface area contributed by atoms with Crippen LogP contribution in [0.25, 0.3) is 27.9 Å². The maximum Gasteiger partial charge on any atom is 0.224 e. The second-order valence-corrected chi connectivity index (χ2v) is 6.92. The molecule has 0 bridgehead atoms. The number of H-pyrrole nitrogens is 1. The fourth-order valence-corrected chi connectivity index (χ4v) is 3.32. The van der Waals surface area contributed by atoms with E-state index < -0.39 is 5.67 Å². The normalized spacial score (nSPS) is 16.1. The van der Waals surface area contributed by atoms with E-state index >= 15 is 0 Å². The highest BCUT2D eigenvalue weighted by atomic mass is 19.1. The second-order valence-electron chi connectivity index (χ2n) is 6.92. The van der Waals surface area contributed by atoms with Crippen molar-refractivity contribution in [2.24, 2.45) is 0 Å². The molecule has 0 saturated heterocycles. The van der Waals surface area contributed by atoms with E-state index in [9.17, 15) is 4.39 Å². The van der Waals surface area contributed by atoms with Gasteiger partial charge in [0.25, 0.3) is 0 Å². The van der Waals surface area contributed by atoms with Crippen LogP contribution < -0.4 is 5.32 Å². The van der Waals surface area contributed by atoms with Gasteiger partial charge in [0.2, 0.25) is 5.95 Å². The average molecular weight is 351 g/mol. The molecule has 0 aliphatic heterocycles. The van der Waals surface area contributed by atoms with Gasteiger partial charge < -0.3 is 10.3 Å². The Morgan fingerprint density at radius 2 is 2.19 bits per heavy atom. The fourth-order valence-electron chi connectivity index (χ4n) is 3.32. The first-order chi connectivity index (χ1) is 12.6. The zero-order valence-corrected chi connectivity index (χ0v) is 14.3. The molecule has 5 rings (SSSR count). The highest BCUT2D eigenvalue weighted by Crippen LogP contribution is 2.35. The summed E-state index contributed by atoms with van der Waals surface area (Å²) in [5.74, 6) is 0.434. The molecule has 4 aromatic heterocycles. The number of alkyl halides is 1. The quantitative estimate of drug-likeness (QED) is 0.589. The van der Waals surface area contributed by atoms with E-state index in [1.54, 1.807) is 10.7 Å². The lowest BCUT2D eigenvalue weighted by Gasteiger charge is -2.33. The van der Waals surface area contributed by atoms with Gasteiger partial charge in [-0.2, -0.15) is 10.1 Å². The van der Waals surface area contributed by atoms with Gasteiger partial charge in [-0.1, -0.05) is 0 Å². The van der Waals surface area contributed by atoms with Crippen molar-refractivity contribution < 1.29 is 4.39 Å². The van der Waals surface area contributed by atoms with Crippen LogP contribution in [0.15, 0.2) is 30.7 Å². The molecule has 1 aliphatic carbocycles. The second kappa shape index (κ2) is 5.48. The van der Waals surface area contributed by atoms with Gasteiger partial charge in [0.05, 0.1) is 24.1 Å². The minimum Gasteiger partial charge on any atom is -0.351 e. The molecule has 1 aliphatic rings. The van der Waals surface area contributed by atoms with Crippen LogP contribution in [0.4, 0.5) is 10.3 Å². The van der Waals surface area contributed by atoms with Crippen molar-refractivity contribution in [3.63, 3.8) is 0 Å². The summed E-state index contributed by atoms with van der Waals surface area (Å²) in [6.45, 7) is 2.19. The Morgan fingerprint density at radius 3 is 3.00 bits per heavy atom. The van der Waals surface area contributed by atoms with Crippen molar-refractivity contribution in [2.45, 2.75) is 31.9 Å². The molecular weight excluding hydrogens is 333 g/mol. The summed E-state index contributed by atoms with van der Waals surface area (Å²) in [5, 5.41) is 8.49. The molecule has 0 radical (unpaired) electrons. The fraction of sp³-hybridized carbons (Fsp3) is 0.333. The van der Waals surface area contributed by atoms with Crippen LogP contribution in [-0.2, 0) is 0 Å². The number of halogens is 1. The molecule has 26 heavy (non-hydrogen) atoms. The van der Waals surface area contributed by atoms with Gasteiger partial charge >= 0.3 is 0 Å². The van der Waals surface area contributed by atoms with Gasteiger partial charge in [0.15, 0.2) is 5.65 Å². The summed E-state index contributed by atoms with van der Waals surface area (Å²) in [5.41, 5.74) is 3.04. The Balaban J connectivity index is 1.46. The molecule has 0 spiro atoms. The summed E-state index contributed by atoms with van der Waals surface area (Å²) in [4.78, 5) is 16.3. The predicted molar refractivity (Wildman–Crippen MR) is 96.8 cm³/mol. The first-order valence-electron chi connectivity index (χ1n) is 8.70. The maximum absolute atomic E-state index is 14.1. The number of rotatable bonds is 4. The minimum absolute atomic E-state index is 0.254. The maximum atomic E-state index is 14.1. The third-order valence-electron chi connectivity index (χ3n) is 4.96. The summed E-state index contributed by atoms with van der Waals surface area (Å²) in [6.07, 6.45) is 7.66. The van der Waals surface area contributed by atoms with Gasteiger partial charge in [-0.05, 0) is 38.3 Å². The molecule has 1 saturated carbocycles. The van der Waals surface area contributed by atoms with Crippen molar-refractivity contribution in [2.75, 3.05) is 11.9 Å². The zero-order valence-electron chi connectivity index (χ0n) is 14.3. The first kappa shape index (κ1) is 15.2. The third-order valence-corrected chi connectivity index (χ3v) is 4.96. The van der Waals surface area contributed by atoms with Crippen molar-refractivity contribution in [3.8, 4) is 11.3 Å². The topological polar surface area (TPSA) is 83.8 Å². The lowest BCUT2D eigenvalue weighted by molar-refractivity contribution is 0.0782. The number of hydrogen-bond acceptors (Lipinski definition) is 5. The molecule has 8 heteroatoms. The Hall–Kier alpha value is -3.03. The van der Waals surface area contributed by atoms with Gasteiger partial charge in [-0.15, -0.1) is 0 Å². The highest BCUT2D eigenvalue weighted by Gasteiger charge is 2.36.